The summed E-state index contributed by atoms with van der Waals surface area (Å²) < 4.78 is 8.16. The number of halogens is 2. The van der Waals surface area contributed by atoms with Gasteiger partial charge in [0, 0.05) is 14.6 Å². The van der Waals surface area contributed by atoms with Gasteiger partial charge in [0.15, 0.2) is 0 Å². The standard InChI is InChI=1S/C15H15BrINO/c1-18-9-12-8-14(6-7-15(12)16)19-10-11-2-4-13(17)5-3-11/h2-8,18H,9-10H2,1H3. The van der Waals surface area contributed by atoms with Crippen molar-refractivity contribution in [2.75, 3.05) is 7.05 Å². The van der Waals surface area contributed by atoms with Gasteiger partial charge in [0.2, 0.25) is 0 Å². The first kappa shape index (κ1) is 14.8. The van der Waals surface area contributed by atoms with Gasteiger partial charge in [-0.15, -0.1) is 0 Å². The van der Waals surface area contributed by atoms with Crippen LogP contribution in [0.15, 0.2) is 46.9 Å². The molecule has 0 unspecified atom stereocenters. The summed E-state index contributed by atoms with van der Waals surface area (Å²) in [5.41, 5.74) is 2.38. The number of hydrogen-bond acceptors (Lipinski definition) is 2. The Morgan fingerprint density at radius 2 is 1.89 bits per heavy atom. The topological polar surface area (TPSA) is 21.3 Å². The highest BCUT2D eigenvalue weighted by molar-refractivity contribution is 14.1. The monoisotopic (exact) mass is 431 g/mol. The third kappa shape index (κ3) is 4.47. The number of nitrogens with one attached hydrogen (secondary N) is 1. The Morgan fingerprint density at radius 1 is 1.16 bits per heavy atom. The molecule has 0 aliphatic carbocycles. The summed E-state index contributed by atoms with van der Waals surface area (Å²) in [6, 6.07) is 14.4. The van der Waals surface area contributed by atoms with Crippen molar-refractivity contribution in [3.05, 3.63) is 61.6 Å². The van der Waals surface area contributed by atoms with Gasteiger partial charge >= 0.3 is 0 Å². The minimum atomic E-state index is 0.595. The molecule has 0 aliphatic rings. The molecule has 0 fully saturated rings. The molecule has 0 aromatic heterocycles. The molecule has 0 saturated carbocycles. The summed E-state index contributed by atoms with van der Waals surface area (Å²) >= 11 is 5.84. The average molecular weight is 432 g/mol. The molecule has 1 N–H and O–H groups in total. The molecule has 0 spiro atoms. The van der Waals surface area contributed by atoms with Gasteiger partial charge in [-0.05, 0) is 71.1 Å². The lowest BCUT2D eigenvalue weighted by atomic mass is 10.2. The number of benzene rings is 2. The van der Waals surface area contributed by atoms with Crippen LogP contribution >= 0.6 is 38.5 Å². The van der Waals surface area contributed by atoms with E-state index in [1.807, 2.05) is 19.2 Å². The smallest absolute Gasteiger partial charge is 0.120 e. The predicted molar refractivity (Wildman–Crippen MR) is 90.4 cm³/mol. The SMILES string of the molecule is CNCc1cc(OCc2ccc(I)cc2)ccc1Br. The van der Waals surface area contributed by atoms with Crippen LogP contribution in [0.1, 0.15) is 11.1 Å². The highest BCUT2D eigenvalue weighted by atomic mass is 127. The van der Waals surface area contributed by atoms with Crippen LogP contribution in [-0.2, 0) is 13.2 Å². The second-order valence-electron chi connectivity index (χ2n) is 4.20. The summed E-state index contributed by atoms with van der Waals surface area (Å²) in [6.45, 7) is 1.42. The summed E-state index contributed by atoms with van der Waals surface area (Å²) in [4.78, 5) is 0. The molecule has 0 atom stereocenters. The predicted octanol–water partition coefficient (Wildman–Crippen LogP) is 4.35. The lowest BCUT2D eigenvalue weighted by Crippen LogP contribution is -2.06. The molecule has 100 valence electrons. The Kier molecular flexibility index (Phi) is 5.66. The maximum absolute atomic E-state index is 5.82. The van der Waals surface area contributed by atoms with E-state index < -0.39 is 0 Å². The zero-order valence-corrected chi connectivity index (χ0v) is 14.4. The minimum absolute atomic E-state index is 0.595. The molecule has 2 rings (SSSR count). The van der Waals surface area contributed by atoms with Gasteiger partial charge in [0.25, 0.3) is 0 Å². The summed E-state index contributed by atoms with van der Waals surface area (Å²) in [7, 11) is 1.94. The molecule has 2 aromatic rings. The largest absolute Gasteiger partial charge is 0.489 e. The van der Waals surface area contributed by atoms with E-state index in [9.17, 15) is 0 Å². The van der Waals surface area contributed by atoms with Crippen LogP contribution in [0.5, 0.6) is 5.75 Å². The van der Waals surface area contributed by atoms with Crippen molar-refractivity contribution in [1.82, 2.24) is 5.32 Å². The van der Waals surface area contributed by atoms with Crippen molar-refractivity contribution >= 4 is 38.5 Å². The van der Waals surface area contributed by atoms with Crippen LogP contribution in [0.25, 0.3) is 0 Å². The van der Waals surface area contributed by atoms with Crippen LogP contribution in [0.4, 0.5) is 0 Å². The lowest BCUT2D eigenvalue weighted by Gasteiger charge is -2.10. The molecule has 0 bridgehead atoms. The molecular formula is C15H15BrINO. The first-order chi connectivity index (χ1) is 9.19. The lowest BCUT2D eigenvalue weighted by molar-refractivity contribution is 0.306. The van der Waals surface area contributed by atoms with Gasteiger partial charge in [-0.1, -0.05) is 28.1 Å². The maximum atomic E-state index is 5.82. The summed E-state index contributed by atoms with van der Waals surface area (Å²) in [5.74, 6) is 0.895. The van der Waals surface area contributed by atoms with E-state index in [1.54, 1.807) is 0 Å². The fraction of sp³-hybridized carbons (Fsp3) is 0.200. The Bertz CT molecular complexity index is 542. The zero-order chi connectivity index (χ0) is 13.7. The van der Waals surface area contributed by atoms with E-state index in [0.29, 0.717) is 6.61 Å². The van der Waals surface area contributed by atoms with E-state index in [0.717, 1.165) is 16.8 Å². The van der Waals surface area contributed by atoms with Gasteiger partial charge in [-0.3, -0.25) is 0 Å². The van der Waals surface area contributed by atoms with Crippen LogP contribution < -0.4 is 10.1 Å². The van der Waals surface area contributed by atoms with E-state index >= 15 is 0 Å². The maximum Gasteiger partial charge on any atom is 0.120 e. The Balaban J connectivity index is 2.03. The van der Waals surface area contributed by atoms with Gasteiger partial charge in [0.05, 0.1) is 0 Å². The fourth-order valence-electron chi connectivity index (χ4n) is 1.71. The molecule has 0 saturated heterocycles. The summed E-state index contributed by atoms with van der Waals surface area (Å²) in [5, 5.41) is 3.15. The Morgan fingerprint density at radius 3 is 2.58 bits per heavy atom. The third-order valence-electron chi connectivity index (χ3n) is 2.70. The first-order valence-corrected chi connectivity index (χ1v) is 7.86. The van der Waals surface area contributed by atoms with Crippen LogP contribution in [-0.4, -0.2) is 7.05 Å². The van der Waals surface area contributed by atoms with Crippen molar-refractivity contribution in [2.24, 2.45) is 0 Å². The van der Waals surface area contributed by atoms with E-state index in [2.05, 4.69) is 74.2 Å². The van der Waals surface area contributed by atoms with Crippen molar-refractivity contribution in [3.8, 4) is 5.75 Å². The highest BCUT2D eigenvalue weighted by Crippen LogP contribution is 2.23. The minimum Gasteiger partial charge on any atom is -0.489 e. The van der Waals surface area contributed by atoms with Gasteiger partial charge in [0.1, 0.15) is 12.4 Å². The molecular weight excluding hydrogens is 417 g/mol. The first-order valence-electron chi connectivity index (χ1n) is 5.99. The van der Waals surface area contributed by atoms with Crippen molar-refractivity contribution < 1.29 is 4.74 Å². The molecule has 0 heterocycles. The normalized spacial score (nSPS) is 10.5. The van der Waals surface area contributed by atoms with E-state index in [4.69, 9.17) is 4.74 Å². The molecule has 19 heavy (non-hydrogen) atoms. The average Bonchev–Trinajstić information content (AvgIpc) is 2.42. The van der Waals surface area contributed by atoms with E-state index in [-0.39, 0.29) is 0 Å². The van der Waals surface area contributed by atoms with Crippen LogP contribution in [0.2, 0.25) is 0 Å². The van der Waals surface area contributed by atoms with Crippen LogP contribution in [0, 0.1) is 3.57 Å². The zero-order valence-electron chi connectivity index (χ0n) is 10.6. The Hall–Kier alpha value is -0.590. The number of ether oxygens (including phenoxy) is 1. The number of hydrogen-bond donors (Lipinski definition) is 1. The fourth-order valence-corrected chi connectivity index (χ4v) is 2.46. The summed E-state index contributed by atoms with van der Waals surface area (Å²) in [6.07, 6.45) is 0. The van der Waals surface area contributed by atoms with Crippen molar-refractivity contribution in [2.45, 2.75) is 13.2 Å². The van der Waals surface area contributed by atoms with E-state index in [1.165, 1.54) is 14.7 Å². The van der Waals surface area contributed by atoms with Gasteiger partial charge in [-0.25, -0.2) is 0 Å². The number of rotatable bonds is 5. The van der Waals surface area contributed by atoms with Gasteiger partial charge in [-0.2, -0.15) is 0 Å². The van der Waals surface area contributed by atoms with Gasteiger partial charge < -0.3 is 10.1 Å². The highest BCUT2D eigenvalue weighted by Gasteiger charge is 2.02. The molecule has 0 amide bonds. The van der Waals surface area contributed by atoms with Crippen molar-refractivity contribution in [3.63, 3.8) is 0 Å². The molecule has 0 aliphatic heterocycles. The second-order valence-corrected chi connectivity index (χ2v) is 6.30. The Labute approximate surface area is 135 Å². The third-order valence-corrected chi connectivity index (χ3v) is 4.20. The van der Waals surface area contributed by atoms with Crippen LogP contribution in [0.3, 0.4) is 0 Å². The second kappa shape index (κ2) is 7.26. The molecule has 2 nitrogen and oxygen atoms in total. The molecule has 0 radical (unpaired) electrons. The quantitative estimate of drug-likeness (QED) is 0.710. The molecule has 4 heteroatoms. The molecule has 2 aromatic carbocycles. The van der Waals surface area contributed by atoms with Crippen molar-refractivity contribution in [1.29, 1.82) is 0 Å².